The maximum absolute atomic E-state index is 11.8. The summed E-state index contributed by atoms with van der Waals surface area (Å²) in [6.07, 6.45) is 24.0. The van der Waals surface area contributed by atoms with Crippen LogP contribution in [0.2, 0.25) is 11.3 Å². The van der Waals surface area contributed by atoms with E-state index in [1.54, 1.807) is 20.0 Å². The van der Waals surface area contributed by atoms with Crippen molar-refractivity contribution in [1.82, 2.24) is 0 Å². The molecule has 2 nitrogen and oxygen atoms in total. The molecular weight excluding hydrogens is 603 g/mol. The molecule has 46 heavy (non-hydrogen) atoms. The van der Waals surface area contributed by atoms with E-state index < -0.39 is 0 Å². The number of aryl methyl sites for hydroxylation is 4. The van der Waals surface area contributed by atoms with Crippen molar-refractivity contribution < 1.29 is 19.1 Å². The molecule has 1 aliphatic heterocycles. The fraction of sp³-hybridized carbons (Fsp3) is 0.628. The summed E-state index contributed by atoms with van der Waals surface area (Å²) in [4.78, 5) is 0. The molecule has 0 atom stereocenters. The summed E-state index contributed by atoms with van der Waals surface area (Å²) in [6.45, 7) is 15.8. The van der Waals surface area contributed by atoms with Gasteiger partial charge in [-0.15, -0.1) is 0 Å². The van der Waals surface area contributed by atoms with Crippen LogP contribution in [0.25, 0.3) is 16.9 Å². The molecule has 0 amide bonds. The van der Waals surface area contributed by atoms with Gasteiger partial charge in [0, 0.05) is 22.8 Å². The van der Waals surface area contributed by atoms with Crippen molar-refractivity contribution in [2.45, 2.75) is 175 Å². The maximum atomic E-state index is 11.8. The van der Waals surface area contributed by atoms with Gasteiger partial charge in [-0.3, -0.25) is 0 Å². The molecule has 0 N–H and O–H groups in total. The van der Waals surface area contributed by atoms with Crippen LogP contribution >= 0.6 is 0 Å². The molecule has 2 aromatic carbocycles. The number of hydrogen-bond acceptors (Lipinski definition) is 0. The Kier molecular flexibility index (Phi) is 20.4. The third-order valence-corrected chi connectivity index (χ3v) is 10.1. The summed E-state index contributed by atoms with van der Waals surface area (Å²) in [7, 11) is 0. The van der Waals surface area contributed by atoms with Crippen molar-refractivity contribution in [3.05, 3.63) is 86.5 Å². The average Bonchev–Trinajstić information content (AvgIpc) is 3.42. The Morgan fingerprint density at radius 3 is 1.72 bits per heavy atom. The van der Waals surface area contributed by atoms with Crippen LogP contribution in [0.5, 0.6) is 0 Å². The van der Waals surface area contributed by atoms with Crippen LogP contribution in [0.3, 0.4) is 0 Å². The molecule has 0 radical (unpaired) electrons. The molecule has 2 aromatic rings. The third-order valence-electron chi connectivity index (χ3n) is 9.43. The zero-order chi connectivity index (χ0) is 33.7. The molecule has 1 aliphatic rings. The van der Waals surface area contributed by atoms with E-state index in [1.807, 2.05) is 0 Å². The molecule has 0 bridgehead atoms. The van der Waals surface area contributed by atoms with Crippen LogP contribution in [-0.2, 0) is 46.5 Å². The second-order valence-corrected chi connectivity index (χ2v) is 14.4. The molecule has 0 aliphatic carbocycles. The molecule has 0 aromatic heterocycles. The van der Waals surface area contributed by atoms with Gasteiger partial charge in [0.05, 0.1) is 0 Å². The summed E-state index contributed by atoms with van der Waals surface area (Å²) in [5.41, 5.74) is 24.7. The van der Waals surface area contributed by atoms with E-state index in [4.69, 9.17) is 0 Å². The Hall–Kier alpha value is -1.99. The number of hydrogen-bond donors (Lipinski definition) is 0. The number of rotatable bonds is 21. The Morgan fingerprint density at radius 1 is 0.565 bits per heavy atom. The first-order chi connectivity index (χ1) is 22.4. The van der Waals surface area contributed by atoms with Crippen molar-refractivity contribution >= 4 is 11.4 Å². The Morgan fingerprint density at radius 2 is 1.11 bits per heavy atom. The first-order valence-electron chi connectivity index (χ1n) is 19.0. The van der Waals surface area contributed by atoms with Crippen molar-refractivity contribution in [3.8, 4) is 0 Å². The van der Waals surface area contributed by atoms with Gasteiger partial charge in [0.15, 0.2) is 0 Å². The predicted molar refractivity (Wildman–Crippen MR) is 200 cm³/mol. The second kappa shape index (κ2) is 23.4. The number of unbranched alkanes of at least 4 members (excludes halogenated alkanes) is 8. The monoisotopic (exact) mass is 670 g/mol. The Balaban J connectivity index is 0.00000173. The van der Waals surface area contributed by atoms with Gasteiger partial charge in [0.25, 0.3) is 0 Å². The Labute approximate surface area is 291 Å². The van der Waals surface area contributed by atoms with Crippen LogP contribution in [0.4, 0.5) is 0 Å². The third kappa shape index (κ3) is 12.2. The first kappa shape index (κ1) is 40.2. The van der Waals surface area contributed by atoms with Gasteiger partial charge in [0.2, 0.25) is 11.4 Å². The minimum atomic E-state index is 0.901. The predicted octanol–water partition coefficient (Wildman–Crippen LogP) is 13.9. The fourth-order valence-corrected chi connectivity index (χ4v) is 6.57. The molecule has 260 valence electrons. The van der Waals surface area contributed by atoms with Crippen LogP contribution < -0.4 is 0 Å². The molecule has 1 heterocycles. The van der Waals surface area contributed by atoms with E-state index in [-0.39, 0.29) is 0 Å². The quantitative estimate of drug-likeness (QED) is 0.0717. The average molecular weight is 672 g/mol. The van der Waals surface area contributed by atoms with Gasteiger partial charge < -0.3 is 5.53 Å². The summed E-state index contributed by atoms with van der Waals surface area (Å²) in [5.74, 6) is 2.12. The van der Waals surface area contributed by atoms with Crippen LogP contribution in [0.1, 0.15) is 171 Å². The molecule has 0 unspecified atom stereocenters. The number of nitrogens with zero attached hydrogens (tertiary/aromatic N) is 2. The zero-order valence-corrected chi connectivity index (χ0v) is 32.1. The van der Waals surface area contributed by atoms with Crippen molar-refractivity contribution in [2.24, 2.45) is 0 Å². The van der Waals surface area contributed by atoms with Gasteiger partial charge >= 0.3 is 32.6 Å². The van der Waals surface area contributed by atoms with Gasteiger partial charge in [-0.25, -0.2) is 4.70 Å². The summed E-state index contributed by atoms with van der Waals surface area (Å²) >= 11 is 1.72. The van der Waals surface area contributed by atoms with Gasteiger partial charge in [-0.05, 0) is 116 Å². The number of benzene rings is 2. The van der Waals surface area contributed by atoms with Crippen LogP contribution in [0, 0.1) is 0 Å². The molecule has 0 saturated heterocycles. The van der Waals surface area contributed by atoms with E-state index in [0.29, 0.717) is 0 Å². The molecule has 0 saturated carbocycles. The van der Waals surface area contributed by atoms with E-state index in [0.717, 1.165) is 49.1 Å². The minimum absolute atomic E-state index is 0.901. The summed E-state index contributed by atoms with van der Waals surface area (Å²) in [6, 6.07) is 11.8. The van der Waals surface area contributed by atoms with Crippen molar-refractivity contribution in [3.63, 3.8) is 0 Å². The first-order valence-corrected chi connectivity index (χ1v) is 20.7. The second-order valence-electron chi connectivity index (χ2n) is 13.0. The van der Waals surface area contributed by atoms with E-state index in [9.17, 15) is 5.53 Å². The normalized spacial score (nSPS) is 13.0. The zero-order valence-electron chi connectivity index (χ0n) is 31.1. The van der Waals surface area contributed by atoms with Crippen molar-refractivity contribution in [1.29, 1.82) is 0 Å². The van der Waals surface area contributed by atoms with Gasteiger partial charge in [-0.2, -0.15) is 0 Å². The SMILES string of the molecule is CCCCCCCCc1ccc(C2=CC(CC)=C(c3cc(CC)c(CCCC)c(CCCC)c3)[N+]2=[N-])cc1CCCC.C[CH2][Ni][CH3]. The van der Waals surface area contributed by atoms with Gasteiger partial charge in [0.1, 0.15) is 0 Å². The van der Waals surface area contributed by atoms with Crippen LogP contribution in [-0.4, -0.2) is 4.70 Å². The number of allylic oxidation sites excluding steroid dienone is 2. The molecular formula is C43H68N2Ni. The topological polar surface area (TPSA) is 25.3 Å². The summed E-state index contributed by atoms with van der Waals surface area (Å²) < 4.78 is 1.51. The van der Waals surface area contributed by atoms with Crippen LogP contribution in [0.15, 0.2) is 42.0 Å². The molecule has 0 spiro atoms. The van der Waals surface area contributed by atoms with E-state index in [2.05, 4.69) is 90.8 Å². The van der Waals surface area contributed by atoms with E-state index in [1.165, 1.54) is 127 Å². The molecule has 3 heteroatoms. The van der Waals surface area contributed by atoms with E-state index >= 15 is 0 Å². The van der Waals surface area contributed by atoms with Gasteiger partial charge in [-0.1, -0.05) is 99.0 Å². The standard InChI is InChI=1S/C40H60N2.C2H5.CH3.Ni/c1-7-13-17-18-19-20-23-33-25-26-36(28-34(33)21-14-8-2)39-30-32(12-6)40(42(39)41)37-27-31(11-5)38(24-16-10-4)35(29-37)22-15-9-3;1-2;;/h25-30H,7-24H2,1-6H3;1H2,2H3;1H3;. The summed E-state index contributed by atoms with van der Waals surface area (Å²) in [5, 5.41) is 1.26. The van der Waals surface area contributed by atoms with Crippen molar-refractivity contribution in [2.75, 3.05) is 0 Å². The fourth-order valence-electron chi connectivity index (χ4n) is 6.57. The molecule has 3 rings (SSSR count). The Bertz CT molecular complexity index is 1250. The molecule has 0 fully saturated rings.